The van der Waals surface area contributed by atoms with Crippen LogP contribution in [0.3, 0.4) is 0 Å². The van der Waals surface area contributed by atoms with E-state index in [1.165, 1.54) is 0 Å². The fourth-order valence-electron chi connectivity index (χ4n) is 3.69. The van der Waals surface area contributed by atoms with Gasteiger partial charge in [-0.25, -0.2) is 0 Å². The largest absolute Gasteiger partial charge is 0.351 e. The van der Waals surface area contributed by atoms with Crippen LogP contribution in [0.15, 0.2) is 36.4 Å². The molecule has 1 atom stereocenters. The molecule has 3 rings (SSSR count). The molecule has 0 bridgehead atoms. The number of amides is 3. The number of hydrogen-bond donors (Lipinski definition) is 3. The molecule has 1 unspecified atom stereocenters. The molecular formula is C23H26Cl2N4O3. The molecule has 7 nitrogen and oxygen atoms in total. The molecule has 1 heterocycles. The van der Waals surface area contributed by atoms with Gasteiger partial charge in [-0.2, -0.15) is 0 Å². The van der Waals surface area contributed by atoms with Gasteiger partial charge in [0.15, 0.2) is 0 Å². The molecular weight excluding hydrogens is 451 g/mol. The lowest BCUT2D eigenvalue weighted by Crippen LogP contribution is -2.36. The zero-order valence-corrected chi connectivity index (χ0v) is 19.5. The Balaban J connectivity index is 2.12. The van der Waals surface area contributed by atoms with Crippen molar-refractivity contribution in [3.63, 3.8) is 0 Å². The van der Waals surface area contributed by atoms with E-state index in [2.05, 4.69) is 10.6 Å². The molecule has 0 saturated carbocycles. The van der Waals surface area contributed by atoms with Crippen molar-refractivity contribution in [2.24, 2.45) is 11.7 Å². The summed E-state index contributed by atoms with van der Waals surface area (Å²) in [6, 6.07) is 9.26. The molecule has 9 heteroatoms. The maximum absolute atomic E-state index is 13.4. The van der Waals surface area contributed by atoms with Crippen LogP contribution in [0.2, 0.25) is 10.0 Å². The van der Waals surface area contributed by atoms with Gasteiger partial charge in [-0.05, 0) is 41.8 Å². The van der Waals surface area contributed by atoms with Gasteiger partial charge in [0.25, 0.3) is 5.91 Å². The van der Waals surface area contributed by atoms with Crippen LogP contribution >= 0.6 is 23.2 Å². The lowest BCUT2D eigenvalue weighted by Gasteiger charge is -2.32. The number of nitrogens with one attached hydrogen (secondary N) is 2. The first-order chi connectivity index (χ1) is 15.2. The molecule has 3 amide bonds. The van der Waals surface area contributed by atoms with Crippen molar-refractivity contribution < 1.29 is 14.4 Å². The Morgan fingerprint density at radius 2 is 1.97 bits per heavy atom. The monoisotopic (exact) mass is 476 g/mol. The summed E-state index contributed by atoms with van der Waals surface area (Å²) in [4.78, 5) is 40.2. The van der Waals surface area contributed by atoms with E-state index in [9.17, 15) is 14.4 Å². The summed E-state index contributed by atoms with van der Waals surface area (Å²) in [5, 5.41) is 6.38. The standard InChI is InChI=1S/C23H26Cl2N4O3/c1-13(2)9-22(31)29-19-6-3-14(23(32)27-8-7-26)10-18(19)28-21(30)12-20(29)16-5-4-15(24)11-17(16)25/h3-6,10-11,13,20H,7-9,12,26H2,1-2H3,(H,27,32)(H,28,30). The number of fused-ring (bicyclic) bond motifs is 1. The topological polar surface area (TPSA) is 105 Å². The summed E-state index contributed by atoms with van der Waals surface area (Å²) < 4.78 is 0. The molecule has 2 aromatic carbocycles. The van der Waals surface area contributed by atoms with Crippen LogP contribution in [0.25, 0.3) is 0 Å². The first kappa shape index (κ1) is 24.0. The highest BCUT2D eigenvalue weighted by Gasteiger charge is 2.35. The van der Waals surface area contributed by atoms with Gasteiger partial charge in [-0.15, -0.1) is 0 Å². The first-order valence-electron chi connectivity index (χ1n) is 10.4. The van der Waals surface area contributed by atoms with Crippen molar-refractivity contribution in [1.82, 2.24) is 5.32 Å². The van der Waals surface area contributed by atoms with Gasteiger partial charge in [0, 0.05) is 35.1 Å². The summed E-state index contributed by atoms with van der Waals surface area (Å²) >= 11 is 12.5. The fourth-order valence-corrected chi connectivity index (χ4v) is 4.22. The van der Waals surface area contributed by atoms with E-state index in [0.29, 0.717) is 45.6 Å². The molecule has 0 aromatic heterocycles. The SMILES string of the molecule is CC(C)CC(=O)N1c2ccc(C(=O)NCCN)cc2NC(=O)CC1c1ccc(Cl)cc1Cl. The van der Waals surface area contributed by atoms with Crippen molar-refractivity contribution in [2.75, 3.05) is 23.3 Å². The van der Waals surface area contributed by atoms with Crippen molar-refractivity contribution in [1.29, 1.82) is 0 Å². The normalized spacial score (nSPS) is 15.8. The van der Waals surface area contributed by atoms with E-state index in [1.54, 1.807) is 41.3 Å². The van der Waals surface area contributed by atoms with E-state index in [0.717, 1.165) is 0 Å². The Bertz CT molecular complexity index is 1040. The lowest BCUT2D eigenvalue weighted by atomic mass is 9.99. The Labute approximate surface area is 197 Å². The second kappa shape index (κ2) is 10.3. The van der Waals surface area contributed by atoms with Crippen LogP contribution in [-0.4, -0.2) is 30.8 Å². The third-order valence-corrected chi connectivity index (χ3v) is 5.65. The molecule has 0 aliphatic carbocycles. The molecule has 2 aromatic rings. The van der Waals surface area contributed by atoms with Crippen LogP contribution in [0.4, 0.5) is 11.4 Å². The molecule has 0 saturated heterocycles. The minimum absolute atomic E-state index is 0.00850. The molecule has 32 heavy (non-hydrogen) atoms. The van der Waals surface area contributed by atoms with Crippen molar-refractivity contribution >= 4 is 52.3 Å². The Morgan fingerprint density at radius 1 is 1.22 bits per heavy atom. The summed E-state index contributed by atoms with van der Waals surface area (Å²) in [7, 11) is 0. The molecule has 1 aliphatic heterocycles. The van der Waals surface area contributed by atoms with E-state index in [-0.39, 0.29) is 36.5 Å². The van der Waals surface area contributed by atoms with Crippen LogP contribution in [0, 0.1) is 5.92 Å². The molecule has 4 N–H and O–H groups in total. The second-order valence-electron chi connectivity index (χ2n) is 8.07. The summed E-state index contributed by atoms with van der Waals surface area (Å²) in [6.45, 7) is 4.55. The Hall–Kier alpha value is -2.61. The minimum Gasteiger partial charge on any atom is -0.351 e. The van der Waals surface area contributed by atoms with Gasteiger partial charge in [0.1, 0.15) is 0 Å². The minimum atomic E-state index is -0.621. The first-order valence-corrected chi connectivity index (χ1v) is 11.2. The van der Waals surface area contributed by atoms with Gasteiger partial charge in [0.2, 0.25) is 11.8 Å². The quantitative estimate of drug-likeness (QED) is 0.582. The van der Waals surface area contributed by atoms with Crippen molar-refractivity contribution in [2.45, 2.75) is 32.7 Å². The smallest absolute Gasteiger partial charge is 0.251 e. The highest BCUT2D eigenvalue weighted by molar-refractivity contribution is 6.35. The van der Waals surface area contributed by atoms with Crippen LogP contribution in [0.5, 0.6) is 0 Å². The highest BCUT2D eigenvalue weighted by atomic mass is 35.5. The number of rotatable bonds is 6. The number of anilines is 2. The number of nitrogens with two attached hydrogens (primary N) is 1. The average Bonchev–Trinajstić information content (AvgIpc) is 2.86. The van der Waals surface area contributed by atoms with Crippen LogP contribution in [0.1, 0.15) is 48.7 Å². The number of carbonyl (C=O) groups is 3. The van der Waals surface area contributed by atoms with E-state index in [4.69, 9.17) is 28.9 Å². The van der Waals surface area contributed by atoms with Gasteiger partial charge in [-0.3, -0.25) is 14.4 Å². The van der Waals surface area contributed by atoms with E-state index >= 15 is 0 Å². The summed E-state index contributed by atoms with van der Waals surface area (Å²) in [6.07, 6.45) is 0.294. The fraction of sp³-hybridized carbons (Fsp3) is 0.348. The van der Waals surface area contributed by atoms with E-state index in [1.807, 2.05) is 13.8 Å². The van der Waals surface area contributed by atoms with E-state index < -0.39 is 6.04 Å². The Kier molecular flexibility index (Phi) is 7.77. The zero-order valence-electron chi connectivity index (χ0n) is 18.0. The van der Waals surface area contributed by atoms with Crippen molar-refractivity contribution in [3.8, 4) is 0 Å². The third-order valence-electron chi connectivity index (χ3n) is 5.09. The maximum Gasteiger partial charge on any atom is 0.251 e. The maximum atomic E-state index is 13.4. The molecule has 0 fully saturated rings. The van der Waals surface area contributed by atoms with Crippen LogP contribution in [-0.2, 0) is 9.59 Å². The predicted octanol–water partition coefficient (Wildman–Crippen LogP) is 4.14. The average molecular weight is 477 g/mol. The molecule has 170 valence electrons. The number of carbonyl (C=O) groups excluding carboxylic acids is 3. The molecule has 0 radical (unpaired) electrons. The number of hydrogen-bond acceptors (Lipinski definition) is 4. The van der Waals surface area contributed by atoms with Crippen LogP contribution < -0.4 is 21.3 Å². The predicted molar refractivity (Wildman–Crippen MR) is 127 cm³/mol. The molecule has 0 spiro atoms. The highest BCUT2D eigenvalue weighted by Crippen LogP contribution is 2.41. The number of benzene rings is 2. The third kappa shape index (κ3) is 5.41. The van der Waals surface area contributed by atoms with Gasteiger partial charge in [0.05, 0.1) is 23.8 Å². The number of halogens is 2. The van der Waals surface area contributed by atoms with Gasteiger partial charge >= 0.3 is 0 Å². The second-order valence-corrected chi connectivity index (χ2v) is 8.92. The zero-order chi connectivity index (χ0) is 23.4. The Morgan fingerprint density at radius 3 is 2.62 bits per heavy atom. The van der Waals surface area contributed by atoms with Gasteiger partial charge < -0.3 is 21.3 Å². The molecule has 1 aliphatic rings. The summed E-state index contributed by atoms with van der Waals surface area (Å²) in [5.41, 5.74) is 7.33. The van der Waals surface area contributed by atoms with Gasteiger partial charge in [-0.1, -0.05) is 43.1 Å². The number of nitrogens with zero attached hydrogens (tertiary/aromatic N) is 1. The lowest BCUT2D eigenvalue weighted by molar-refractivity contribution is -0.120. The summed E-state index contributed by atoms with van der Waals surface area (Å²) in [5.74, 6) is -0.634. The van der Waals surface area contributed by atoms with Crippen molar-refractivity contribution in [3.05, 3.63) is 57.6 Å².